The molecule has 0 unspecified atom stereocenters. The SMILES string of the molecule is Cc1c(-c2ccc(C=O)cc2)nn(C)c1N1Cc2cc(OC(F)(F)F)ccc2C1=O. The summed E-state index contributed by atoms with van der Waals surface area (Å²) < 4.78 is 43.0. The second kappa shape index (κ2) is 7.01. The molecule has 2 aromatic carbocycles. The van der Waals surface area contributed by atoms with Gasteiger partial charge in [-0.3, -0.25) is 19.2 Å². The maximum Gasteiger partial charge on any atom is 0.573 e. The van der Waals surface area contributed by atoms with E-state index in [1.165, 1.54) is 17.0 Å². The third-order valence-electron chi connectivity index (χ3n) is 4.94. The quantitative estimate of drug-likeness (QED) is 0.597. The average molecular weight is 415 g/mol. The molecule has 9 heteroatoms. The summed E-state index contributed by atoms with van der Waals surface area (Å²) in [6.07, 6.45) is -4.05. The fourth-order valence-electron chi connectivity index (χ4n) is 3.66. The normalized spacial score (nSPS) is 13.5. The molecule has 1 amide bonds. The molecule has 0 atom stereocenters. The van der Waals surface area contributed by atoms with E-state index >= 15 is 0 Å². The lowest BCUT2D eigenvalue weighted by atomic mass is 10.1. The van der Waals surface area contributed by atoms with Crippen molar-refractivity contribution in [2.45, 2.75) is 19.8 Å². The van der Waals surface area contributed by atoms with Crippen molar-refractivity contribution < 1.29 is 27.5 Å². The van der Waals surface area contributed by atoms with Crippen LogP contribution in [0.4, 0.5) is 19.0 Å². The van der Waals surface area contributed by atoms with Crippen molar-refractivity contribution in [3.63, 3.8) is 0 Å². The molecule has 0 N–H and O–H groups in total. The first kappa shape index (κ1) is 19.7. The summed E-state index contributed by atoms with van der Waals surface area (Å²) in [5.74, 6) is -0.143. The van der Waals surface area contributed by atoms with Gasteiger partial charge in [-0.2, -0.15) is 5.10 Å². The number of ether oxygens (including phenoxy) is 1. The Morgan fingerprint density at radius 1 is 1.13 bits per heavy atom. The van der Waals surface area contributed by atoms with Crippen LogP contribution in [0.15, 0.2) is 42.5 Å². The van der Waals surface area contributed by atoms with Gasteiger partial charge in [0.05, 0.1) is 12.2 Å². The van der Waals surface area contributed by atoms with Crippen LogP contribution in [0.25, 0.3) is 11.3 Å². The third kappa shape index (κ3) is 3.42. The number of amides is 1. The Hall–Kier alpha value is -3.62. The first-order valence-corrected chi connectivity index (χ1v) is 8.97. The number of alkyl halides is 3. The van der Waals surface area contributed by atoms with Crippen molar-refractivity contribution in [1.82, 2.24) is 9.78 Å². The molecule has 1 aliphatic heterocycles. The van der Waals surface area contributed by atoms with Gasteiger partial charge < -0.3 is 4.74 Å². The number of carbonyl (C=O) groups excluding carboxylic acids is 2. The van der Waals surface area contributed by atoms with Gasteiger partial charge in [0.15, 0.2) is 0 Å². The molecule has 0 saturated heterocycles. The number of aryl methyl sites for hydroxylation is 1. The van der Waals surface area contributed by atoms with Crippen LogP contribution in [0, 0.1) is 6.92 Å². The molecular weight excluding hydrogens is 399 g/mol. The number of aromatic nitrogens is 2. The topological polar surface area (TPSA) is 64.4 Å². The molecule has 0 saturated carbocycles. The van der Waals surface area contributed by atoms with Gasteiger partial charge in [-0.05, 0) is 30.7 Å². The Bertz CT molecular complexity index is 1150. The van der Waals surface area contributed by atoms with Crippen molar-refractivity contribution in [1.29, 1.82) is 0 Å². The molecule has 30 heavy (non-hydrogen) atoms. The monoisotopic (exact) mass is 415 g/mol. The summed E-state index contributed by atoms with van der Waals surface area (Å²) in [6, 6.07) is 10.6. The van der Waals surface area contributed by atoms with E-state index in [0.717, 1.165) is 23.5 Å². The number of carbonyl (C=O) groups is 2. The van der Waals surface area contributed by atoms with Crippen LogP contribution in [-0.2, 0) is 13.6 Å². The summed E-state index contributed by atoms with van der Waals surface area (Å²) in [6.45, 7) is 1.92. The first-order chi connectivity index (χ1) is 14.2. The Morgan fingerprint density at radius 2 is 1.83 bits per heavy atom. The summed E-state index contributed by atoms with van der Waals surface area (Å²) in [5.41, 5.74) is 3.47. The minimum absolute atomic E-state index is 0.104. The predicted octanol–water partition coefficient (Wildman–Crippen LogP) is 4.27. The smallest absolute Gasteiger partial charge is 0.406 e. The molecule has 0 aliphatic carbocycles. The van der Waals surface area contributed by atoms with E-state index in [1.54, 1.807) is 36.0 Å². The molecule has 6 nitrogen and oxygen atoms in total. The Balaban J connectivity index is 1.68. The zero-order valence-corrected chi connectivity index (χ0v) is 16.0. The Kier molecular flexibility index (Phi) is 4.60. The van der Waals surface area contributed by atoms with E-state index < -0.39 is 6.36 Å². The molecule has 0 bridgehead atoms. The van der Waals surface area contributed by atoms with Crippen LogP contribution in [0.3, 0.4) is 0 Å². The van der Waals surface area contributed by atoms with Gasteiger partial charge in [0.1, 0.15) is 17.9 Å². The van der Waals surface area contributed by atoms with E-state index in [9.17, 15) is 22.8 Å². The molecule has 0 fully saturated rings. The number of rotatable bonds is 4. The zero-order valence-electron chi connectivity index (χ0n) is 16.0. The molecule has 1 aromatic heterocycles. The summed E-state index contributed by atoms with van der Waals surface area (Å²) in [5, 5.41) is 4.50. The van der Waals surface area contributed by atoms with E-state index in [4.69, 9.17) is 0 Å². The molecule has 154 valence electrons. The second-order valence-electron chi connectivity index (χ2n) is 6.92. The van der Waals surface area contributed by atoms with Crippen molar-refractivity contribution in [2.24, 2.45) is 7.05 Å². The minimum atomic E-state index is -4.80. The van der Waals surface area contributed by atoms with Gasteiger partial charge in [0.25, 0.3) is 5.91 Å². The number of aldehydes is 1. The fraction of sp³-hybridized carbons (Fsp3) is 0.190. The van der Waals surface area contributed by atoms with Gasteiger partial charge in [-0.1, -0.05) is 24.3 Å². The van der Waals surface area contributed by atoms with Crippen molar-refractivity contribution in [2.75, 3.05) is 4.90 Å². The summed E-state index contributed by atoms with van der Waals surface area (Å²) in [7, 11) is 1.69. The summed E-state index contributed by atoms with van der Waals surface area (Å²) in [4.78, 5) is 25.3. The van der Waals surface area contributed by atoms with Gasteiger partial charge in [0.2, 0.25) is 0 Å². The molecule has 4 rings (SSSR count). The van der Waals surface area contributed by atoms with Gasteiger partial charge >= 0.3 is 6.36 Å². The van der Waals surface area contributed by atoms with Crippen LogP contribution in [0.2, 0.25) is 0 Å². The van der Waals surface area contributed by atoms with Crippen LogP contribution in [-0.4, -0.2) is 28.3 Å². The molecule has 3 aromatic rings. The highest BCUT2D eigenvalue weighted by Gasteiger charge is 2.35. The highest BCUT2D eigenvalue weighted by Crippen LogP contribution is 2.36. The van der Waals surface area contributed by atoms with E-state index in [-0.39, 0.29) is 18.2 Å². The van der Waals surface area contributed by atoms with Crippen molar-refractivity contribution in [3.05, 3.63) is 64.7 Å². The van der Waals surface area contributed by atoms with Crippen LogP contribution >= 0.6 is 0 Å². The van der Waals surface area contributed by atoms with Crippen LogP contribution in [0.1, 0.15) is 31.8 Å². The van der Waals surface area contributed by atoms with E-state index in [1.807, 2.05) is 6.92 Å². The van der Waals surface area contributed by atoms with Gasteiger partial charge in [-0.25, -0.2) is 0 Å². The lowest BCUT2D eigenvalue weighted by molar-refractivity contribution is -0.274. The maximum absolute atomic E-state index is 12.9. The highest BCUT2D eigenvalue weighted by atomic mass is 19.4. The largest absolute Gasteiger partial charge is 0.573 e. The second-order valence-corrected chi connectivity index (χ2v) is 6.92. The number of hydrogen-bond acceptors (Lipinski definition) is 4. The van der Waals surface area contributed by atoms with Crippen LogP contribution in [0.5, 0.6) is 5.75 Å². The standard InChI is InChI=1S/C21H16F3N3O3/c1-12-18(14-5-3-13(11-28)4-6-14)25-26(2)19(12)27-10-15-9-16(30-21(22,23)24)7-8-17(15)20(27)29/h3-9,11H,10H2,1-2H3. The molecule has 2 heterocycles. The average Bonchev–Trinajstić information content (AvgIpc) is 3.16. The van der Waals surface area contributed by atoms with Gasteiger partial charge in [0, 0.05) is 29.3 Å². The number of benzene rings is 2. The third-order valence-corrected chi connectivity index (χ3v) is 4.94. The predicted molar refractivity (Wildman–Crippen MR) is 102 cm³/mol. The van der Waals surface area contributed by atoms with E-state index in [0.29, 0.717) is 28.2 Å². The maximum atomic E-state index is 12.9. The number of anilines is 1. The van der Waals surface area contributed by atoms with Crippen molar-refractivity contribution >= 4 is 18.0 Å². The molecular formula is C21H16F3N3O3. The summed E-state index contributed by atoms with van der Waals surface area (Å²) >= 11 is 0. The van der Waals surface area contributed by atoms with Crippen LogP contribution < -0.4 is 9.64 Å². The van der Waals surface area contributed by atoms with Gasteiger partial charge in [-0.15, -0.1) is 13.2 Å². The van der Waals surface area contributed by atoms with E-state index in [2.05, 4.69) is 9.84 Å². The number of halogens is 3. The molecule has 0 radical (unpaired) electrons. The number of fused-ring (bicyclic) bond motifs is 1. The zero-order chi connectivity index (χ0) is 21.6. The molecule has 0 spiro atoms. The highest BCUT2D eigenvalue weighted by molar-refractivity contribution is 6.10. The lowest BCUT2D eigenvalue weighted by Crippen LogP contribution is -2.26. The fourth-order valence-corrected chi connectivity index (χ4v) is 3.66. The lowest BCUT2D eigenvalue weighted by Gasteiger charge is -2.17. The molecule has 1 aliphatic rings. The van der Waals surface area contributed by atoms with Crippen molar-refractivity contribution in [3.8, 4) is 17.0 Å². The first-order valence-electron chi connectivity index (χ1n) is 8.97. The number of hydrogen-bond donors (Lipinski definition) is 0. The Labute approximate surface area is 169 Å². The number of nitrogens with zero attached hydrogens (tertiary/aromatic N) is 3. The Morgan fingerprint density at radius 3 is 2.47 bits per heavy atom. The minimum Gasteiger partial charge on any atom is -0.406 e.